The minimum absolute atomic E-state index is 0.197. The third-order valence-electron chi connectivity index (χ3n) is 3.11. The highest BCUT2D eigenvalue weighted by molar-refractivity contribution is 5.69. The predicted octanol–water partition coefficient (Wildman–Crippen LogP) is 3.19. The lowest BCUT2D eigenvalue weighted by molar-refractivity contribution is 0.612. The number of aryl methyl sites for hydroxylation is 1. The van der Waals surface area contributed by atoms with Crippen molar-refractivity contribution in [2.45, 2.75) is 26.3 Å². The number of aromatic nitrogens is 1. The molecular formula is C16H16N2O. The maximum absolute atomic E-state index is 12.2. The summed E-state index contributed by atoms with van der Waals surface area (Å²) >= 11 is 0. The fraction of sp³-hybridized carbons (Fsp3) is 0.250. The lowest BCUT2D eigenvalue weighted by atomic mass is 10.0. The maximum atomic E-state index is 12.2. The minimum atomic E-state index is -0.197. The summed E-state index contributed by atoms with van der Waals surface area (Å²) in [5.41, 5.74) is 1.64. The highest BCUT2D eigenvalue weighted by Crippen LogP contribution is 2.20. The molecule has 0 fully saturated rings. The highest BCUT2D eigenvalue weighted by Gasteiger charge is 2.10. The first-order valence-corrected chi connectivity index (χ1v) is 6.47. The highest BCUT2D eigenvalue weighted by atomic mass is 16.1. The normalized spacial score (nSPS) is 10.1. The summed E-state index contributed by atoms with van der Waals surface area (Å²) in [6, 6.07) is 13.4. The quantitative estimate of drug-likeness (QED) is 0.838. The van der Waals surface area contributed by atoms with Crippen molar-refractivity contribution in [3.05, 3.63) is 58.5 Å². The average Bonchev–Trinajstić information content (AvgIpc) is 2.46. The van der Waals surface area contributed by atoms with Crippen molar-refractivity contribution >= 4 is 0 Å². The Morgan fingerprint density at radius 2 is 1.95 bits per heavy atom. The predicted molar refractivity (Wildman–Crippen MR) is 75.8 cm³/mol. The molecule has 0 aliphatic heterocycles. The molecular weight excluding hydrogens is 236 g/mol. The van der Waals surface area contributed by atoms with E-state index in [4.69, 9.17) is 0 Å². The third kappa shape index (κ3) is 2.74. The van der Waals surface area contributed by atoms with Crippen molar-refractivity contribution in [2.75, 3.05) is 0 Å². The van der Waals surface area contributed by atoms with E-state index in [1.165, 1.54) is 0 Å². The summed E-state index contributed by atoms with van der Waals surface area (Å²) in [5.74, 6) is 0. The van der Waals surface area contributed by atoms with Gasteiger partial charge in [-0.15, -0.1) is 0 Å². The molecule has 19 heavy (non-hydrogen) atoms. The van der Waals surface area contributed by atoms with Crippen molar-refractivity contribution in [1.29, 1.82) is 5.26 Å². The number of pyridine rings is 1. The van der Waals surface area contributed by atoms with Crippen LogP contribution in [0.3, 0.4) is 0 Å². The van der Waals surface area contributed by atoms with E-state index in [2.05, 4.69) is 6.92 Å². The maximum Gasteiger partial charge on any atom is 0.269 e. The van der Waals surface area contributed by atoms with Gasteiger partial charge >= 0.3 is 0 Å². The summed E-state index contributed by atoms with van der Waals surface area (Å²) in [6.45, 7) is 2.74. The van der Waals surface area contributed by atoms with Gasteiger partial charge in [-0.05, 0) is 18.1 Å². The first kappa shape index (κ1) is 13.1. The van der Waals surface area contributed by atoms with Gasteiger partial charge in [0, 0.05) is 18.3 Å². The number of nitrogens with zero attached hydrogens (tertiary/aromatic N) is 2. The second-order valence-electron chi connectivity index (χ2n) is 4.43. The van der Waals surface area contributed by atoms with Crippen molar-refractivity contribution < 1.29 is 0 Å². The van der Waals surface area contributed by atoms with Crippen LogP contribution in [0, 0.1) is 11.3 Å². The number of hydrogen-bond acceptors (Lipinski definition) is 2. The van der Waals surface area contributed by atoms with E-state index < -0.39 is 0 Å². The van der Waals surface area contributed by atoms with Crippen LogP contribution in [0.1, 0.15) is 25.3 Å². The van der Waals surface area contributed by atoms with E-state index in [0.29, 0.717) is 12.1 Å². The van der Waals surface area contributed by atoms with E-state index >= 15 is 0 Å². The van der Waals surface area contributed by atoms with Crippen molar-refractivity contribution in [1.82, 2.24) is 4.57 Å². The topological polar surface area (TPSA) is 45.8 Å². The Labute approximate surface area is 112 Å². The summed E-state index contributed by atoms with van der Waals surface area (Å²) in [6.07, 6.45) is 3.74. The molecule has 1 aromatic heterocycles. The van der Waals surface area contributed by atoms with Gasteiger partial charge in [-0.3, -0.25) is 4.79 Å². The molecule has 0 aliphatic carbocycles. The summed E-state index contributed by atoms with van der Waals surface area (Å²) < 4.78 is 1.62. The number of rotatable bonds is 4. The van der Waals surface area contributed by atoms with Crippen LogP contribution >= 0.6 is 0 Å². The zero-order chi connectivity index (χ0) is 13.7. The van der Waals surface area contributed by atoms with Crippen LogP contribution in [0.25, 0.3) is 11.1 Å². The molecule has 2 aromatic rings. The Balaban J connectivity index is 2.51. The van der Waals surface area contributed by atoms with E-state index in [0.717, 1.165) is 18.4 Å². The van der Waals surface area contributed by atoms with Gasteiger partial charge in [-0.1, -0.05) is 43.7 Å². The van der Waals surface area contributed by atoms with Gasteiger partial charge in [-0.2, -0.15) is 5.26 Å². The molecule has 0 atom stereocenters. The van der Waals surface area contributed by atoms with Crippen LogP contribution < -0.4 is 5.56 Å². The van der Waals surface area contributed by atoms with E-state index in [9.17, 15) is 10.1 Å². The van der Waals surface area contributed by atoms with Crippen LogP contribution in [0.5, 0.6) is 0 Å². The van der Waals surface area contributed by atoms with Crippen LogP contribution in [0.15, 0.2) is 47.4 Å². The smallest absolute Gasteiger partial charge is 0.269 e. The van der Waals surface area contributed by atoms with Gasteiger partial charge in [0.1, 0.15) is 11.6 Å². The van der Waals surface area contributed by atoms with Gasteiger partial charge < -0.3 is 4.57 Å². The minimum Gasteiger partial charge on any atom is -0.314 e. The standard InChI is InChI=1S/C16H16N2O/c1-2-3-10-18-11-9-14(15(12-17)16(18)19)13-7-5-4-6-8-13/h4-9,11H,2-3,10H2,1H3. The molecule has 1 heterocycles. The van der Waals surface area contributed by atoms with Gasteiger partial charge in [0.2, 0.25) is 0 Å². The van der Waals surface area contributed by atoms with Gasteiger partial charge in [-0.25, -0.2) is 0 Å². The van der Waals surface area contributed by atoms with Crippen LogP contribution in [0.4, 0.5) is 0 Å². The van der Waals surface area contributed by atoms with E-state index in [1.54, 1.807) is 10.8 Å². The zero-order valence-corrected chi connectivity index (χ0v) is 11.0. The Morgan fingerprint density at radius 3 is 2.58 bits per heavy atom. The van der Waals surface area contributed by atoms with Crippen LogP contribution in [-0.4, -0.2) is 4.57 Å². The molecule has 0 amide bonds. The summed E-state index contributed by atoms with van der Waals surface area (Å²) in [5, 5.41) is 9.25. The van der Waals surface area contributed by atoms with E-state index in [1.807, 2.05) is 42.5 Å². The summed E-state index contributed by atoms with van der Waals surface area (Å²) in [7, 11) is 0. The SMILES string of the molecule is CCCCn1ccc(-c2ccccc2)c(C#N)c1=O. The molecule has 3 heteroatoms. The molecule has 0 N–H and O–H groups in total. The molecule has 3 nitrogen and oxygen atoms in total. The Morgan fingerprint density at radius 1 is 1.21 bits per heavy atom. The molecule has 0 aliphatic rings. The van der Waals surface area contributed by atoms with Crippen molar-refractivity contribution in [3.63, 3.8) is 0 Å². The second-order valence-corrected chi connectivity index (χ2v) is 4.43. The number of hydrogen-bond donors (Lipinski definition) is 0. The number of unbranched alkanes of at least 4 members (excludes halogenated alkanes) is 1. The fourth-order valence-corrected chi connectivity index (χ4v) is 2.05. The molecule has 96 valence electrons. The first-order chi connectivity index (χ1) is 9.27. The first-order valence-electron chi connectivity index (χ1n) is 6.47. The number of nitriles is 1. The molecule has 0 radical (unpaired) electrons. The number of benzene rings is 1. The van der Waals surface area contributed by atoms with Crippen molar-refractivity contribution in [2.24, 2.45) is 0 Å². The Hall–Kier alpha value is -2.34. The lowest BCUT2D eigenvalue weighted by Gasteiger charge is -2.08. The Bertz CT molecular complexity index is 651. The summed E-state index contributed by atoms with van der Waals surface area (Å²) in [4.78, 5) is 12.2. The van der Waals surface area contributed by atoms with Crippen molar-refractivity contribution in [3.8, 4) is 17.2 Å². The van der Waals surface area contributed by atoms with Crippen LogP contribution in [-0.2, 0) is 6.54 Å². The molecule has 1 aromatic carbocycles. The lowest BCUT2D eigenvalue weighted by Crippen LogP contribution is -2.22. The average molecular weight is 252 g/mol. The Kier molecular flexibility index (Phi) is 4.15. The largest absolute Gasteiger partial charge is 0.314 e. The second kappa shape index (κ2) is 6.01. The van der Waals surface area contributed by atoms with Gasteiger partial charge in [0.15, 0.2) is 0 Å². The molecule has 0 unspecified atom stereocenters. The molecule has 0 spiro atoms. The zero-order valence-electron chi connectivity index (χ0n) is 11.0. The monoisotopic (exact) mass is 252 g/mol. The molecule has 0 saturated carbocycles. The molecule has 2 rings (SSSR count). The molecule has 0 saturated heterocycles. The van der Waals surface area contributed by atoms with Crippen LogP contribution in [0.2, 0.25) is 0 Å². The van der Waals surface area contributed by atoms with Gasteiger partial charge in [0.25, 0.3) is 5.56 Å². The fourth-order valence-electron chi connectivity index (χ4n) is 2.05. The van der Waals surface area contributed by atoms with Gasteiger partial charge in [0.05, 0.1) is 0 Å². The molecule has 0 bridgehead atoms. The third-order valence-corrected chi connectivity index (χ3v) is 3.11. The van der Waals surface area contributed by atoms with E-state index in [-0.39, 0.29) is 11.1 Å².